The summed E-state index contributed by atoms with van der Waals surface area (Å²) in [5.74, 6) is -0.808. The van der Waals surface area contributed by atoms with Crippen molar-refractivity contribution in [1.29, 1.82) is 0 Å². The quantitative estimate of drug-likeness (QED) is 0.356. The second-order valence-electron chi connectivity index (χ2n) is 10.1. The topological polar surface area (TPSA) is 86.8 Å². The van der Waals surface area contributed by atoms with Gasteiger partial charge < -0.3 is 10.2 Å². The van der Waals surface area contributed by atoms with Gasteiger partial charge in [-0.2, -0.15) is 0 Å². The van der Waals surface area contributed by atoms with Crippen molar-refractivity contribution in [3.05, 3.63) is 100 Å². The number of nitrogens with one attached hydrogen (secondary N) is 1. The summed E-state index contributed by atoms with van der Waals surface area (Å²) in [7, 11) is -3.85. The molecular weight excluding hydrogens is 534 g/mol. The molecule has 1 N–H and O–H groups in total. The average molecular weight is 570 g/mol. The van der Waals surface area contributed by atoms with Crippen LogP contribution in [0.1, 0.15) is 36.1 Å². The van der Waals surface area contributed by atoms with Crippen molar-refractivity contribution in [3.8, 4) is 0 Å². The van der Waals surface area contributed by atoms with Crippen molar-refractivity contribution >= 4 is 39.1 Å². The number of rotatable bonds is 11. The van der Waals surface area contributed by atoms with Crippen LogP contribution in [0, 0.1) is 13.8 Å². The number of amides is 2. The Hall–Kier alpha value is -3.36. The average Bonchev–Trinajstić information content (AvgIpc) is 2.86. The predicted molar refractivity (Wildman–Crippen MR) is 157 cm³/mol. The number of nitrogens with zero attached hydrogens (tertiary/aromatic N) is 2. The van der Waals surface area contributed by atoms with Crippen LogP contribution in [0.3, 0.4) is 0 Å². The van der Waals surface area contributed by atoms with E-state index in [9.17, 15) is 18.0 Å². The van der Waals surface area contributed by atoms with Crippen LogP contribution in [-0.4, -0.2) is 50.0 Å². The van der Waals surface area contributed by atoms with Gasteiger partial charge in [0.25, 0.3) is 0 Å². The minimum absolute atomic E-state index is 0.135. The molecule has 0 spiro atoms. The van der Waals surface area contributed by atoms with E-state index in [1.54, 1.807) is 12.1 Å². The van der Waals surface area contributed by atoms with E-state index in [-0.39, 0.29) is 30.6 Å². The molecule has 0 saturated carbocycles. The number of benzene rings is 3. The molecule has 0 aliphatic carbocycles. The van der Waals surface area contributed by atoms with Gasteiger partial charge in [-0.05, 0) is 56.5 Å². The first-order valence-corrected chi connectivity index (χ1v) is 15.0. The summed E-state index contributed by atoms with van der Waals surface area (Å²) in [6.07, 6.45) is 1.32. The summed E-state index contributed by atoms with van der Waals surface area (Å²) < 4.78 is 26.8. The minimum atomic E-state index is -3.85. The molecule has 0 fully saturated rings. The molecule has 0 saturated heterocycles. The normalized spacial score (nSPS) is 12.2. The van der Waals surface area contributed by atoms with E-state index >= 15 is 0 Å². The van der Waals surface area contributed by atoms with E-state index in [0.717, 1.165) is 32.8 Å². The molecule has 0 unspecified atom stereocenters. The zero-order valence-corrected chi connectivity index (χ0v) is 24.6. The fraction of sp³-hybridized carbons (Fsp3) is 0.333. The molecule has 0 bridgehead atoms. The van der Waals surface area contributed by atoms with Crippen molar-refractivity contribution < 1.29 is 18.0 Å². The number of anilines is 1. The lowest BCUT2D eigenvalue weighted by Crippen LogP contribution is -2.54. The van der Waals surface area contributed by atoms with E-state index in [1.807, 2.05) is 82.3 Å². The van der Waals surface area contributed by atoms with Crippen LogP contribution in [0.5, 0.6) is 0 Å². The molecule has 1 atom stereocenters. The van der Waals surface area contributed by atoms with Gasteiger partial charge in [-0.25, -0.2) is 8.42 Å². The third-order valence-corrected chi connectivity index (χ3v) is 7.81. The van der Waals surface area contributed by atoms with Gasteiger partial charge in [-0.3, -0.25) is 13.9 Å². The first kappa shape index (κ1) is 30.2. The Morgan fingerprint density at radius 3 is 2.18 bits per heavy atom. The van der Waals surface area contributed by atoms with Crippen molar-refractivity contribution in [2.45, 2.75) is 52.7 Å². The molecule has 39 heavy (non-hydrogen) atoms. The number of hydrogen-bond donors (Lipinski definition) is 1. The molecule has 208 valence electrons. The van der Waals surface area contributed by atoms with Crippen molar-refractivity contribution in [3.63, 3.8) is 0 Å². The molecule has 0 aliphatic rings. The highest BCUT2D eigenvalue weighted by Crippen LogP contribution is 2.26. The number of carbonyl (C=O) groups is 2. The van der Waals surface area contributed by atoms with Crippen molar-refractivity contribution in [2.24, 2.45) is 0 Å². The van der Waals surface area contributed by atoms with E-state index in [0.29, 0.717) is 5.02 Å². The third kappa shape index (κ3) is 8.57. The Kier molecular flexibility index (Phi) is 10.2. The number of sulfonamides is 1. The van der Waals surface area contributed by atoms with E-state index in [4.69, 9.17) is 11.6 Å². The molecule has 3 rings (SSSR count). The largest absolute Gasteiger partial charge is 0.352 e. The third-order valence-electron chi connectivity index (χ3n) is 6.26. The van der Waals surface area contributed by atoms with Gasteiger partial charge in [-0.15, -0.1) is 0 Å². The van der Waals surface area contributed by atoms with Gasteiger partial charge >= 0.3 is 0 Å². The van der Waals surface area contributed by atoms with Crippen LogP contribution in [0.4, 0.5) is 5.69 Å². The van der Waals surface area contributed by atoms with Gasteiger partial charge in [0.05, 0.1) is 11.9 Å². The zero-order chi connectivity index (χ0) is 28.7. The summed E-state index contributed by atoms with van der Waals surface area (Å²) in [5.41, 5.74) is 3.80. The van der Waals surface area contributed by atoms with Gasteiger partial charge in [0.2, 0.25) is 21.8 Å². The highest BCUT2D eigenvalue weighted by atomic mass is 35.5. The maximum absolute atomic E-state index is 14.0. The maximum Gasteiger partial charge on any atom is 0.244 e. The van der Waals surface area contributed by atoms with Crippen molar-refractivity contribution in [2.75, 3.05) is 17.1 Å². The SMILES string of the molecule is Cc1cccc(CN(C(=O)CN(c2ccc(C)c(Cl)c2)S(C)(=O)=O)[C@@H](Cc2ccccc2)C(=O)NC(C)C)c1. The predicted octanol–water partition coefficient (Wildman–Crippen LogP) is 4.89. The zero-order valence-electron chi connectivity index (χ0n) is 23.0. The Bertz CT molecular complexity index is 1410. The first-order valence-electron chi connectivity index (χ1n) is 12.8. The van der Waals surface area contributed by atoms with E-state index in [2.05, 4.69) is 5.32 Å². The Morgan fingerprint density at radius 2 is 1.59 bits per heavy atom. The van der Waals surface area contributed by atoms with Crippen LogP contribution in [0.2, 0.25) is 5.02 Å². The standard InChI is InChI=1S/C30H36ClN3O4S/c1-21(2)32-30(36)28(17-24-11-7-6-8-12-24)33(19-25-13-9-10-22(3)16-25)29(35)20-34(39(5,37)38)26-15-14-23(4)27(31)18-26/h6-16,18,21,28H,17,19-20H2,1-5H3,(H,32,36)/t28-/m0/s1. The number of carbonyl (C=O) groups excluding carboxylic acids is 2. The van der Waals surface area contributed by atoms with Crippen LogP contribution in [0.15, 0.2) is 72.8 Å². The highest BCUT2D eigenvalue weighted by Gasteiger charge is 2.33. The molecule has 0 heterocycles. The van der Waals surface area contributed by atoms with E-state index < -0.39 is 28.5 Å². The van der Waals surface area contributed by atoms with Gasteiger partial charge in [0.15, 0.2) is 0 Å². The summed E-state index contributed by atoms with van der Waals surface area (Å²) >= 11 is 6.29. The lowest BCUT2D eigenvalue weighted by molar-refractivity contribution is -0.140. The molecule has 3 aromatic rings. The van der Waals surface area contributed by atoms with E-state index in [1.165, 1.54) is 11.0 Å². The van der Waals surface area contributed by atoms with Gasteiger partial charge in [-0.1, -0.05) is 77.8 Å². The molecule has 7 nitrogen and oxygen atoms in total. The second-order valence-corrected chi connectivity index (χ2v) is 12.4. The Morgan fingerprint density at radius 1 is 0.923 bits per heavy atom. The van der Waals surface area contributed by atoms with Crippen LogP contribution in [0.25, 0.3) is 0 Å². The molecule has 0 aliphatic heterocycles. The summed E-state index contributed by atoms with van der Waals surface area (Å²) in [4.78, 5) is 29.1. The molecule has 2 amide bonds. The second kappa shape index (κ2) is 13.1. The molecule has 0 radical (unpaired) electrons. The minimum Gasteiger partial charge on any atom is -0.352 e. The number of halogens is 1. The summed E-state index contributed by atoms with van der Waals surface area (Å²) in [5, 5.41) is 3.33. The lowest BCUT2D eigenvalue weighted by atomic mass is 10.0. The molecular formula is C30H36ClN3O4S. The molecule has 0 aromatic heterocycles. The van der Waals surface area contributed by atoms with Crippen LogP contribution in [-0.2, 0) is 32.6 Å². The summed E-state index contributed by atoms with van der Waals surface area (Å²) in [6, 6.07) is 21.0. The lowest BCUT2D eigenvalue weighted by Gasteiger charge is -2.34. The van der Waals surface area contributed by atoms with Gasteiger partial charge in [0, 0.05) is 24.0 Å². The monoisotopic (exact) mass is 569 g/mol. The Labute approximate surface area is 236 Å². The number of hydrogen-bond acceptors (Lipinski definition) is 4. The maximum atomic E-state index is 14.0. The fourth-order valence-corrected chi connectivity index (χ4v) is 5.31. The Balaban J connectivity index is 2.07. The smallest absolute Gasteiger partial charge is 0.244 e. The fourth-order valence-electron chi connectivity index (χ4n) is 4.29. The first-order chi connectivity index (χ1) is 18.3. The van der Waals surface area contributed by atoms with Gasteiger partial charge in [0.1, 0.15) is 12.6 Å². The molecule has 9 heteroatoms. The molecule has 3 aromatic carbocycles. The van der Waals surface area contributed by atoms with Crippen LogP contribution >= 0.6 is 11.6 Å². The summed E-state index contributed by atoms with van der Waals surface area (Å²) in [6.45, 7) is 7.13. The van der Waals surface area contributed by atoms with Crippen LogP contribution < -0.4 is 9.62 Å². The van der Waals surface area contributed by atoms with Crippen molar-refractivity contribution in [1.82, 2.24) is 10.2 Å². The highest BCUT2D eigenvalue weighted by molar-refractivity contribution is 7.92. The number of aryl methyl sites for hydroxylation is 2.